The monoisotopic (exact) mass is 279 g/mol. The van der Waals surface area contributed by atoms with Gasteiger partial charge in [0.1, 0.15) is 6.33 Å². The fraction of sp³-hybridized carbons (Fsp3) is 0.188. The molecule has 0 aliphatic carbocycles. The molecule has 106 valence electrons. The van der Waals surface area contributed by atoms with Crippen LogP contribution in [0.2, 0.25) is 0 Å². The highest BCUT2D eigenvalue weighted by Gasteiger charge is 2.07. The van der Waals surface area contributed by atoms with Gasteiger partial charge < -0.3 is 5.32 Å². The first-order valence-corrected chi connectivity index (χ1v) is 6.93. The minimum Gasteiger partial charge on any atom is -0.306 e. The Balaban J connectivity index is 1.70. The van der Waals surface area contributed by atoms with Gasteiger partial charge in [-0.05, 0) is 40.6 Å². The molecule has 3 rings (SSSR count). The number of hydrogen-bond donors (Lipinski definition) is 1. The molecule has 0 saturated heterocycles. The standard InChI is InChI=1S/C16H17N5/c1-13(17-11-14-6-3-2-4-7-14)15-8-5-9-16(10-15)21-12-18-19-20-21/h2-10,12-13,17H,11H2,1H3. The zero-order valence-electron chi connectivity index (χ0n) is 11.8. The highest BCUT2D eigenvalue weighted by Crippen LogP contribution is 2.16. The van der Waals surface area contributed by atoms with Crippen LogP contribution in [0.25, 0.3) is 5.69 Å². The fourth-order valence-corrected chi connectivity index (χ4v) is 2.20. The van der Waals surface area contributed by atoms with Crippen molar-refractivity contribution in [3.63, 3.8) is 0 Å². The summed E-state index contributed by atoms with van der Waals surface area (Å²) in [5.41, 5.74) is 3.45. The van der Waals surface area contributed by atoms with Crippen molar-refractivity contribution in [3.8, 4) is 5.69 Å². The Morgan fingerprint density at radius 1 is 1.10 bits per heavy atom. The van der Waals surface area contributed by atoms with E-state index >= 15 is 0 Å². The number of nitrogens with zero attached hydrogens (tertiary/aromatic N) is 4. The highest BCUT2D eigenvalue weighted by molar-refractivity contribution is 5.35. The van der Waals surface area contributed by atoms with E-state index in [2.05, 4.69) is 64.2 Å². The predicted molar refractivity (Wildman–Crippen MR) is 80.9 cm³/mol. The predicted octanol–water partition coefficient (Wildman–Crippen LogP) is 2.51. The molecule has 2 aromatic carbocycles. The van der Waals surface area contributed by atoms with Crippen LogP contribution >= 0.6 is 0 Å². The van der Waals surface area contributed by atoms with Gasteiger partial charge in [-0.3, -0.25) is 0 Å². The third-order valence-electron chi connectivity index (χ3n) is 3.44. The van der Waals surface area contributed by atoms with E-state index in [1.807, 2.05) is 18.2 Å². The summed E-state index contributed by atoms with van der Waals surface area (Å²) in [5, 5.41) is 14.8. The average molecular weight is 279 g/mol. The molecule has 1 atom stereocenters. The van der Waals surface area contributed by atoms with Crippen LogP contribution in [0.1, 0.15) is 24.1 Å². The minimum absolute atomic E-state index is 0.252. The second-order valence-electron chi connectivity index (χ2n) is 4.94. The van der Waals surface area contributed by atoms with Gasteiger partial charge in [-0.1, -0.05) is 42.5 Å². The van der Waals surface area contributed by atoms with Gasteiger partial charge >= 0.3 is 0 Å². The van der Waals surface area contributed by atoms with E-state index < -0.39 is 0 Å². The Hall–Kier alpha value is -2.53. The molecule has 0 fully saturated rings. The van der Waals surface area contributed by atoms with Gasteiger partial charge in [0.25, 0.3) is 0 Å². The lowest BCUT2D eigenvalue weighted by atomic mass is 10.1. The molecule has 5 heteroatoms. The summed E-state index contributed by atoms with van der Waals surface area (Å²) in [7, 11) is 0. The number of tetrazole rings is 1. The molecule has 5 nitrogen and oxygen atoms in total. The first kappa shape index (κ1) is 13.5. The summed E-state index contributed by atoms with van der Waals surface area (Å²) < 4.78 is 1.66. The largest absolute Gasteiger partial charge is 0.306 e. The molecular weight excluding hydrogens is 262 g/mol. The number of nitrogens with one attached hydrogen (secondary N) is 1. The van der Waals surface area contributed by atoms with E-state index in [9.17, 15) is 0 Å². The molecule has 1 unspecified atom stereocenters. The van der Waals surface area contributed by atoms with Crippen molar-refractivity contribution < 1.29 is 0 Å². The number of benzene rings is 2. The van der Waals surface area contributed by atoms with Gasteiger partial charge in [0.2, 0.25) is 0 Å². The molecule has 3 aromatic rings. The third kappa shape index (κ3) is 3.32. The van der Waals surface area contributed by atoms with Crippen LogP contribution in [0.15, 0.2) is 60.9 Å². The van der Waals surface area contributed by atoms with Gasteiger partial charge in [-0.15, -0.1) is 5.10 Å². The van der Waals surface area contributed by atoms with Crippen LogP contribution in [0.4, 0.5) is 0 Å². The van der Waals surface area contributed by atoms with Crippen LogP contribution in [-0.2, 0) is 6.54 Å². The Bertz CT molecular complexity index is 679. The maximum atomic E-state index is 3.92. The quantitative estimate of drug-likeness (QED) is 0.779. The Morgan fingerprint density at radius 2 is 1.95 bits per heavy atom. The molecule has 0 bridgehead atoms. The topological polar surface area (TPSA) is 55.6 Å². The van der Waals surface area contributed by atoms with Crippen molar-refractivity contribution in [3.05, 3.63) is 72.1 Å². The van der Waals surface area contributed by atoms with Crippen molar-refractivity contribution in [2.45, 2.75) is 19.5 Å². The molecular formula is C16H17N5. The number of rotatable bonds is 5. The van der Waals surface area contributed by atoms with Crippen LogP contribution in [0.3, 0.4) is 0 Å². The van der Waals surface area contributed by atoms with Crippen molar-refractivity contribution in [2.75, 3.05) is 0 Å². The summed E-state index contributed by atoms with van der Waals surface area (Å²) in [6, 6.07) is 18.9. The lowest BCUT2D eigenvalue weighted by molar-refractivity contribution is 0.574. The van der Waals surface area contributed by atoms with E-state index in [-0.39, 0.29) is 6.04 Å². The maximum absolute atomic E-state index is 3.92. The molecule has 0 aliphatic rings. The van der Waals surface area contributed by atoms with Gasteiger partial charge in [-0.2, -0.15) is 0 Å². The highest BCUT2D eigenvalue weighted by atomic mass is 15.5. The summed E-state index contributed by atoms with van der Waals surface area (Å²) >= 11 is 0. The van der Waals surface area contributed by atoms with Crippen molar-refractivity contribution in [2.24, 2.45) is 0 Å². The van der Waals surface area contributed by atoms with Crippen LogP contribution in [0.5, 0.6) is 0 Å². The van der Waals surface area contributed by atoms with Crippen LogP contribution in [0, 0.1) is 0 Å². The van der Waals surface area contributed by atoms with Gasteiger partial charge in [0.05, 0.1) is 5.69 Å². The van der Waals surface area contributed by atoms with E-state index in [1.54, 1.807) is 11.0 Å². The summed E-state index contributed by atoms with van der Waals surface area (Å²) in [4.78, 5) is 0. The van der Waals surface area contributed by atoms with E-state index in [0.717, 1.165) is 12.2 Å². The molecule has 0 aliphatic heterocycles. The number of aromatic nitrogens is 4. The molecule has 0 spiro atoms. The second-order valence-corrected chi connectivity index (χ2v) is 4.94. The van der Waals surface area contributed by atoms with Crippen LogP contribution < -0.4 is 5.32 Å². The first-order chi connectivity index (χ1) is 10.3. The molecule has 1 heterocycles. The van der Waals surface area contributed by atoms with Gasteiger partial charge in [0, 0.05) is 12.6 Å². The minimum atomic E-state index is 0.252. The number of hydrogen-bond acceptors (Lipinski definition) is 4. The molecule has 0 radical (unpaired) electrons. The smallest absolute Gasteiger partial charge is 0.143 e. The van der Waals surface area contributed by atoms with E-state index in [1.165, 1.54) is 11.1 Å². The van der Waals surface area contributed by atoms with Crippen molar-refractivity contribution in [1.82, 2.24) is 25.5 Å². The summed E-state index contributed by atoms with van der Waals surface area (Å²) in [6.45, 7) is 3.00. The normalized spacial score (nSPS) is 12.2. The molecule has 0 amide bonds. The Kier molecular flexibility index (Phi) is 4.02. The zero-order valence-corrected chi connectivity index (χ0v) is 11.8. The van der Waals surface area contributed by atoms with Crippen molar-refractivity contribution >= 4 is 0 Å². The molecule has 0 saturated carbocycles. The SMILES string of the molecule is CC(NCc1ccccc1)c1cccc(-n2cnnn2)c1. The Labute approximate surface area is 123 Å². The van der Waals surface area contributed by atoms with Crippen LogP contribution in [-0.4, -0.2) is 20.2 Å². The summed E-state index contributed by atoms with van der Waals surface area (Å²) in [6.07, 6.45) is 1.60. The Morgan fingerprint density at radius 3 is 2.71 bits per heavy atom. The van der Waals surface area contributed by atoms with Crippen molar-refractivity contribution in [1.29, 1.82) is 0 Å². The maximum Gasteiger partial charge on any atom is 0.143 e. The molecule has 1 N–H and O–H groups in total. The lowest BCUT2D eigenvalue weighted by Crippen LogP contribution is -2.18. The van der Waals surface area contributed by atoms with Gasteiger partial charge in [-0.25, -0.2) is 4.68 Å². The summed E-state index contributed by atoms with van der Waals surface area (Å²) in [5.74, 6) is 0. The molecule has 1 aromatic heterocycles. The third-order valence-corrected chi connectivity index (χ3v) is 3.44. The first-order valence-electron chi connectivity index (χ1n) is 6.93. The van der Waals surface area contributed by atoms with Gasteiger partial charge in [0.15, 0.2) is 0 Å². The fourth-order valence-electron chi connectivity index (χ4n) is 2.20. The average Bonchev–Trinajstić information content (AvgIpc) is 3.08. The zero-order chi connectivity index (χ0) is 14.5. The van der Waals surface area contributed by atoms with E-state index in [0.29, 0.717) is 0 Å². The second kappa shape index (κ2) is 6.28. The molecule has 21 heavy (non-hydrogen) atoms. The lowest BCUT2D eigenvalue weighted by Gasteiger charge is -2.15. The van der Waals surface area contributed by atoms with E-state index in [4.69, 9.17) is 0 Å².